The van der Waals surface area contributed by atoms with E-state index in [1.165, 1.54) is 0 Å². The van der Waals surface area contributed by atoms with Crippen molar-refractivity contribution in [2.75, 3.05) is 31.6 Å². The van der Waals surface area contributed by atoms with Gasteiger partial charge in [0.15, 0.2) is 0 Å². The number of nitrogens with zero attached hydrogens (tertiary/aromatic N) is 1. The third-order valence-electron chi connectivity index (χ3n) is 5.11. The van der Waals surface area contributed by atoms with Gasteiger partial charge in [-0.2, -0.15) is 0 Å². The van der Waals surface area contributed by atoms with E-state index in [2.05, 4.69) is 10.6 Å². The first-order chi connectivity index (χ1) is 12.6. The van der Waals surface area contributed by atoms with Crippen LogP contribution in [-0.4, -0.2) is 49.2 Å². The third kappa shape index (κ3) is 4.95. The monoisotopic (exact) mass is 360 g/mol. The summed E-state index contributed by atoms with van der Waals surface area (Å²) in [6, 6.07) is 6.97. The van der Waals surface area contributed by atoms with Crippen LogP contribution in [-0.2, 0) is 16.1 Å². The number of likely N-dealkylation sites (tertiary alicyclic amines) is 1. The fourth-order valence-corrected chi connectivity index (χ4v) is 3.48. The number of carbonyl (C=O) groups excluding carboxylic acids is 2. The standard InChI is InChI=1S/C19H28N4O3/c20-17(15-6-10-26-11-7-15)18(24)21-13-14-4-3-5-16(12-14)22-19(25)23-8-1-2-9-23/h3-5,12,15,17H,1-2,6-11,13,20H2,(H,21,24)(H,22,25). The summed E-state index contributed by atoms with van der Waals surface area (Å²) in [6.07, 6.45) is 3.78. The molecule has 7 heteroatoms. The van der Waals surface area contributed by atoms with Gasteiger partial charge in [-0.15, -0.1) is 0 Å². The lowest BCUT2D eigenvalue weighted by Gasteiger charge is -2.26. The molecule has 3 amide bonds. The zero-order valence-electron chi connectivity index (χ0n) is 15.1. The molecule has 1 atom stereocenters. The fourth-order valence-electron chi connectivity index (χ4n) is 3.48. The number of rotatable bonds is 5. The Bertz CT molecular complexity index is 625. The Balaban J connectivity index is 1.50. The minimum absolute atomic E-state index is 0.0646. The van der Waals surface area contributed by atoms with E-state index >= 15 is 0 Å². The molecule has 0 aromatic heterocycles. The predicted molar refractivity (Wildman–Crippen MR) is 99.6 cm³/mol. The van der Waals surface area contributed by atoms with Gasteiger partial charge in [0, 0.05) is 38.5 Å². The Hall–Kier alpha value is -2.12. The molecule has 0 saturated carbocycles. The Labute approximate surface area is 154 Å². The van der Waals surface area contributed by atoms with Gasteiger partial charge in [0.05, 0.1) is 6.04 Å². The lowest BCUT2D eigenvalue weighted by molar-refractivity contribution is -0.124. The van der Waals surface area contributed by atoms with E-state index in [-0.39, 0.29) is 17.9 Å². The van der Waals surface area contributed by atoms with Crippen LogP contribution < -0.4 is 16.4 Å². The van der Waals surface area contributed by atoms with Crippen LogP contribution in [0.4, 0.5) is 10.5 Å². The van der Waals surface area contributed by atoms with Crippen LogP contribution in [0.2, 0.25) is 0 Å². The van der Waals surface area contributed by atoms with Gasteiger partial charge >= 0.3 is 6.03 Å². The highest BCUT2D eigenvalue weighted by Gasteiger charge is 2.26. The van der Waals surface area contributed by atoms with E-state index in [4.69, 9.17) is 10.5 Å². The topological polar surface area (TPSA) is 96.7 Å². The Morgan fingerprint density at radius 1 is 1.23 bits per heavy atom. The molecular formula is C19H28N4O3. The normalized spacial score (nSPS) is 19.2. The summed E-state index contributed by atoms with van der Waals surface area (Å²) in [5, 5.41) is 5.83. The van der Waals surface area contributed by atoms with E-state index in [0.29, 0.717) is 19.8 Å². The van der Waals surface area contributed by atoms with Crippen LogP contribution in [0.3, 0.4) is 0 Å². The summed E-state index contributed by atoms with van der Waals surface area (Å²) in [6.45, 7) is 3.36. The minimum atomic E-state index is -0.503. The molecular weight excluding hydrogens is 332 g/mol. The smallest absolute Gasteiger partial charge is 0.321 e. The van der Waals surface area contributed by atoms with Crippen molar-refractivity contribution in [1.82, 2.24) is 10.2 Å². The molecule has 1 aromatic carbocycles. The van der Waals surface area contributed by atoms with E-state index in [0.717, 1.165) is 50.0 Å². The van der Waals surface area contributed by atoms with Gasteiger partial charge in [-0.3, -0.25) is 4.79 Å². The van der Waals surface area contributed by atoms with Gasteiger partial charge < -0.3 is 26.0 Å². The number of amides is 3. The molecule has 2 saturated heterocycles. The van der Waals surface area contributed by atoms with E-state index in [9.17, 15) is 9.59 Å². The molecule has 0 aliphatic carbocycles. The van der Waals surface area contributed by atoms with Crippen molar-refractivity contribution in [3.8, 4) is 0 Å². The predicted octanol–water partition coefficient (Wildman–Crippen LogP) is 1.68. The molecule has 2 fully saturated rings. The summed E-state index contributed by atoms with van der Waals surface area (Å²) in [5.41, 5.74) is 7.76. The first-order valence-corrected chi connectivity index (χ1v) is 9.39. The van der Waals surface area contributed by atoms with Gasteiger partial charge in [-0.1, -0.05) is 12.1 Å². The van der Waals surface area contributed by atoms with Crippen molar-refractivity contribution in [3.63, 3.8) is 0 Å². The minimum Gasteiger partial charge on any atom is -0.381 e. The van der Waals surface area contributed by atoms with E-state index in [1.807, 2.05) is 29.2 Å². The first-order valence-electron chi connectivity index (χ1n) is 9.39. The second-order valence-electron chi connectivity index (χ2n) is 7.02. The highest BCUT2D eigenvalue weighted by Crippen LogP contribution is 2.18. The molecule has 7 nitrogen and oxygen atoms in total. The molecule has 3 rings (SSSR count). The second-order valence-corrected chi connectivity index (χ2v) is 7.02. The number of benzene rings is 1. The number of nitrogens with one attached hydrogen (secondary N) is 2. The number of nitrogens with two attached hydrogens (primary N) is 1. The fraction of sp³-hybridized carbons (Fsp3) is 0.579. The molecule has 2 heterocycles. The molecule has 2 aliphatic rings. The number of anilines is 1. The number of hydrogen-bond acceptors (Lipinski definition) is 4. The Morgan fingerprint density at radius 3 is 2.69 bits per heavy atom. The maximum atomic E-state index is 12.3. The lowest BCUT2D eigenvalue weighted by atomic mass is 9.92. The summed E-state index contributed by atoms with van der Waals surface area (Å²) >= 11 is 0. The molecule has 142 valence electrons. The van der Waals surface area contributed by atoms with Gasteiger partial charge in [-0.25, -0.2) is 4.79 Å². The van der Waals surface area contributed by atoms with E-state index in [1.54, 1.807) is 0 Å². The summed E-state index contributed by atoms with van der Waals surface area (Å²) in [5.74, 6) is 0.0400. The summed E-state index contributed by atoms with van der Waals surface area (Å²) < 4.78 is 5.32. The quantitative estimate of drug-likeness (QED) is 0.744. The van der Waals surface area contributed by atoms with Crippen molar-refractivity contribution >= 4 is 17.6 Å². The van der Waals surface area contributed by atoms with Crippen LogP contribution in [0.1, 0.15) is 31.2 Å². The van der Waals surface area contributed by atoms with Crippen molar-refractivity contribution in [3.05, 3.63) is 29.8 Å². The third-order valence-corrected chi connectivity index (χ3v) is 5.11. The largest absolute Gasteiger partial charge is 0.381 e. The van der Waals surface area contributed by atoms with Crippen LogP contribution in [0.5, 0.6) is 0 Å². The van der Waals surface area contributed by atoms with E-state index < -0.39 is 6.04 Å². The zero-order chi connectivity index (χ0) is 18.4. The molecule has 0 radical (unpaired) electrons. The van der Waals surface area contributed by atoms with Gasteiger partial charge in [-0.05, 0) is 49.3 Å². The Morgan fingerprint density at radius 2 is 1.96 bits per heavy atom. The molecule has 4 N–H and O–H groups in total. The maximum Gasteiger partial charge on any atom is 0.321 e. The van der Waals surface area contributed by atoms with Crippen LogP contribution >= 0.6 is 0 Å². The molecule has 26 heavy (non-hydrogen) atoms. The summed E-state index contributed by atoms with van der Waals surface area (Å²) in [4.78, 5) is 26.3. The average Bonchev–Trinajstić information content (AvgIpc) is 3.21. The van der Waals surface area contributed by atoms with Gasteiger partial charge in [0.25, 0.3) is 0 Å². The highest BCUT2D eigenvalue weighted by atomic mass is 16.5. The average molecular weight is 360 g/mol. The number of urea groups is 1. The van der Waals surface area contributed by atoms with Crippen molar-refractivity contribution in [2.24, 2.45) is 11.7 Å². The van der Waals surface area contributed by atoms with Crippen molar-refractivity contribution in [1.29, 1.82) is 0 Å². The van der Waals surface area contributed by atoms with Gasteiger partial charge in [0.1, 0.15) is 0 Å². The van der Waals surface area contributed by atoms with Gasteiger partial charge in [0.2, 0.25) is 5.91 Å². The van der Waals surface area contributed by atoms with Crippen LogP contribution in [0.25, 0.3) is 0 Å². The molecule has 0 spiro atoms. The molecule has 0 bridgehead atoms. The zero-order valence-corrected chi connectivity index (χ0v) is 15.1. The maximum absolute atomic E-state index is 12.3. The Kier molecular flexibility index (Phi) is 6.46. The highest BCUT2D eigenvalue weighted by molar-refractivity contribution is 5.89. The molecule has 1 unspecified atom stereocenters. The lowest BCUT2D eigenvalue weighted by Crippen LogP contribution is -2.46. The number of hydrogen-bond donors (Lipinski definition) is 3. The van der Waals surface area contributed by atoms with Crippen molar-refractivity contribution < 1.29 is 14.3 Å². The van der Waals surface area contributed by atoms with Crippen molar-refractivity contribution in [2.45, 2.75) is 38.3 Å². The first kappa shape index (κ1) is 18.7. The van der Waals surface area contributed by atoms with Crippen LogP contribution in [0.15, 0.2) is 24.3 Å². The molecule has 2 aliphatic heterocycles. The number of carbonyl (C=O) groups is 2. The SMILES string of the molecule is NC(C(=O)NCc1cccc(NC(=O)N2CCCC2)c1)C1CCOCC1. The van der Waals surface area contributed by atoms with Crippen LogP contribution in [0, 0.1) is 5.92 Å². The summed E-state index contributed by atoms with van der Waals surface area (Å²) in [7, 11) is 0. The molecule has 1 aromatic rings. The second kappa shape index (κ2) is 9.00. The number of ether oxygens (including phenoxy) is 1.